The van der Waals surface area contributed by atoms with Gasteiger partial charge < -0.3 is 10.1 Å². The standard InChI is InChI=1S/C15H29NO2/c1-11(2)14(12(3)4)10-16-15(17)8-7-13-6-5-9-18-13/h11-14H,5-10H2,1-4H3,(H,16,17). The van der Waals surface area contributed by atoms with Gasteiger partial charge in [-0.25, -0.2) is 0 Å². The van der Waals surface area contributed by atoms with Crippen LogP contribution in [0.5, 0.6) is 0 Å². The molecule has 1 aliphatic heterocycles. The molecule has 1 aliphatic rings. The molecule has 0 bridgehead atoms. The lowest BCUT2D eigenvalue weighted by Crippen LogP contribution is -2.34. The maximum Gasteiger partial charge on any atom is 0.220 e. The molecule has 1 amide bonds. The van der Waals surface area contributed by atoms with Crippen molar-refractivity contribution in [3.05, 3.63) is 0 Å². The highest BCUT2D eigenvalue weighted by atomic mass is 16.5. The maximum atomic E-state index is 11.8. The van der Waals surface area contributed by atoms with Crippen molar-refractivity contribution in [2.24, 2.45) is 17.8 Å². The molecule has 0 aromatic rings. The Kier molecular flexibility index (Phi) is 6.69. The van der Waals surface area contributed by atoms with Crippen molar-refractivity contribution in [3.63, 3.8) is 0 Å². The number of hydrogen-bond acceptors (Lipinski definition) is 2. The van der Waals surface area contributed by atoms with Gasteiger partial charge in [0.25, 0.3) is 0 Å². The highest BCUT2D eigenvalue weighted by Crippen LogP contribution is 2.20. The van der Waals surface area contributed by atoms with Gasteiger partial charge in [0.1, 0.15) is 0 Å². The Labute approximate surface area is 112 Å². The Morgan fingerprint density at radius 1 is 1.28 bits per heavy atom. The van der Waals surface area contributed by atoms with Crippen LogP contribution in [0.1, 0.15) is 53.4 Å². The minimum atomic E-state index is 0.178. The molecule has 0 radical (unpaired) electrons. The smallest absolute Gasteiger partial charge is 0.220 e. The molecule has 3 nitrogen and oxygen atoms in total. The van der Waals surface area contributed by atoms with Crippen LogP contribution in [0.25, 0.3) is 0 Å². The van der Waals surface area contributed by atoms with E-state index in [2.05, 4.69) is 33.0 Å². The summed E-state index contributed by atoms with van der Waals surface area (Å²) >= 11 is 0. The van der Waals surface area contributed by atoms with Gasteiger partial charge in [0.05, 0.1) is 6.10 Å². The summed E-state index contributed by atoms with van der Waals surface area (Å²) in [5.41, 5.74) is 0. The number of ether oxygens (including phenoxy) is 1. The molecule has 1 saturated heterocycles. The molecule has 1 atom stereocenters. The molecule has 0 aromatic heterocycles. The highest BCUT2D eigenvalue weighted by molar-refractivity contribution is 5.75. The quantitative estimate of drug-likeness (QED) is 0.759. The second-order valence-electron chi connectivity index (χ2n) is 6.13. The Bertz CT molecular complexity index is 237. The monoisotopic (exact) mass is 255 g/mol. The van der Waals surface area contributed by atoms with Crippen molar-refractivity contribution in [1.29, 1.82) is 0 Å². The number of rotatable bonds is 7. The summed E-state index contributed by atoms with van der Waals surface area (Å²) in [6.07, 6.45) is 4.07. The summed E-state index contributed by atoms with van der Waals surface area (Å²) in [7, 11) is 0. The number of carbonyl (C=O) groups excluding carboxylic acids is 1. The van der Waals surface area contributed by atoms with Gasteiger partial charge in [0.2, 0.25) is 5.91 Å². The zero-order valence-electron chi connectivity index (χ0n) is 12.4. The van der Waals surface area contributed by atoms with Crippen LogP contribution < -0.4 is 5.32 Å². The summed E-state index contributed by atoms with van der Waals surface area (Å²) in [4.78, 5) is 11.8. The molecule has 1 rings (SSSR count). The summed E-state index contributed by atoms with van der Waals surface area (Å²) in [6, 6.07) is 0. The van der Waals surface area contributed by atoms with E-state index < -0.39 is 0 Å². The van der Waals surface area contributed by atoms with E-state index in [1.165, 1.54) is 0 Å². The van der Waals surface area contributed by atoms with Gasteiger partial charge in [-0.2, -0.15) is 0 Å². The van der Waals surface area contributed by atoms with Crippen LogP contribution in [0.2, 0.25) is 0 Å². The van der Waals surface area contributed by atoms with Gasteiger partial charge in [-0.05, 0) is 37.0 Å². The predicted octanol–water partition coefficient (Wildman–Crippen LogP) is 2.99. The first kappa shape index (κ1) is 15.5. The summed E-state index contributed by atoms with van der Waals surface area (Å²) < 4.78 is 5.53. The zero-order chi connectivity index (χ0) is 13.5. The molecule has 0 saturated carbocycles. The first-order valence-corrected chi connectivity index (χ1v) is 7.39. The Morgan fingerprint density at radius 3 is 2.44 bits per heavy atom. The third-order valence-corrected chi connectivity index (χ3v) is 3.96. The number of hydrogen-bond donors (Lipinski definition) is 1. The first-order valence-electron chi connectivity index (χ1n) is 7.39. The predicted molar refractivity (Wildman–Crippen MR) is 74.4 cm³/mol. The number of nitrogens with one attached hydrogen (secondary N) is 1. The van der Waals surface area contributed by atoms with E-state index in [-0.39, 0.29) is 5.91 Å². The molecular formula is C15H29NO2. The fourth-order valence-electron chi connectivity index (χ4n) is 2.73. The molecule has 106 valence electrons. The number of amides is 1. The van der Waals surface area contributed by atoms with Crippen molar-refractivity contribution in [1.82, 2.24) is 5.32 Å². The average molecular weight is 255 g/mol. The third kappa shape index (κ3) is 5.38. The largest absolute Gasteiger partial charge is 0.378 e. The summed E-state index contributed by atoms with van der Waals surface area (Å²) in [5.74, 6) is 1.97. The molecule has 3 heteroatoms. The molecule has 0 aliphatic carbocycles. The Hall–Kier alpha value is -0.570. The first-order chi connectivity index (χ1) is 8.50. The lowest BCUT2D eigenvalue weighted by atomic mass is 9.85. The second kappa shape index (κ2) is 7.78. The molecule has 0 spiro atoms. The molecule has 1 N–H and O–H groups in total. The van der Waals surface area contributed by atoms with Crippen LogP contribution in [-0.2, 0) is 9.53 Å². The van der Waals surface area contributed by atoms with Crippen molar-refractivity contribution in [3.8, 4) is 0 Å². The molecule has 0 aromatic carbocycles. The fraction of sp³-hybridized carbons (Fsp3) is 0.933. The molecule has 1 unspecified atom stereocenters. The van der Waals surface area contributed by atoms with Crippen molar-refractivity contribution in [2.45, 2.75) is 59.5 Å². The van der Waals surface area contributed by atoms with E-state index in [9.17, 15) is 4.79 Å². The minimum absolute atomic E-state index is 0.178. The SMILES string of the molecule is CC(C)C(CNC(=O)CCC1CCCO1)C(C)C. The van der Waals surface area contributed by atoms with Gasteiger partial charge >= 0.3 is 0 Å². The van der Waals surface area contributed by atoms with Crippen LogP contribution in [0, 0.1) is 17.8 Å². The van der Waals surface area contributed by atoms with E-state index in [1.807, 2.05) is 0 Å². The van der Waals surface area contributed by atoms with E-state index >= 15 is 0 Å². The maximum absolute atomic E-state index is 11.8. The lowest BCUT2D eigenvalue weighted by molar-refractivity contribution is -0.122. The van der Waals surface area contributed by atoms with Gasteiger partial charge in [-0.1, -0.05) is 27.7 Å². The highest BCUT2D eigenvalue weighted by Gasteiger charge is 2.19. The zero-order valence-corrected chi connectivity index (χ0v) is 12.4. The average Bonchev–Trinajstić information content (AvgIpc) is 2.78. The van der Waals surface area contributed by atoms with E-state index in [4.69, 9.17) is 4.74 Å². The van der Waals surface area contributed by atoms with Crippen LogP contribution in [-0.4, -0.2) is 25.2 Å². The molecule has 18 heavy (non-hydrogen) atoms. The van der Waals surface area contributed by atoms with E-state index in [0.29, 0.717) is 30.3 Å². The summed E-state index contributed by atoms with van der Waals surface area (Å²) in [5, 5.41) is 3.07. The molecule has 1 heterocycles. The van der Waals surface area contributed by atoms with Gasteiger partial charge in [-0.15, -0.1) is 0 Å². The van der Waals surface area contributed by atoms with E-state index in [0.717, 1.165) is 32.4 Å². The van der Waals surface area contributed by atoms with Crippen LogP contribution >= 0.6 is 0 Å². The van der Waals surface area contributed by atoms with Crippen molar-refractivity contribution >= 4 is 5.91 Å². The Balaban J connectivity index is 2.18. The van der Waals surface area contributed by atoms with Crippen molar-refractivity contribution in [2.75, 3.05) is 13.2 Å². The van der Waals surface area contributed by atoms with Crippen molar-refractivity contribution < 1.29 is 9.53 Å². The third-order valence-electron chi connectivity index (χ3n) is 3.96. The summed E-state index contributed by atoms with van der Waals surface area (Å²) in [6.45, 7) is 10.6. The van der Waals surface area contributed by atoms with Crippen LogP contribution in [0.15, 0.2) is 0 Å². The van der Waals surface area contributed by atoms with Gasteiger partial charge in [-0.3, -0.25) is 4.79 Å². The van der Waals surface area contributed by atoms with Crippen LogP contribution in [0.3, 0.4) is 0 Å². The minimum Gasteiger partial charge on any atom is -0.378 e. The van der Waals surface area contributed by atoms with Gasteiger partial charge in [0.15, 0.2) is 0 Å². The molecular weight excluding hydrogens is 226 g/mol. The second-order valence-corrected chi connectivity index (χ2v) is 6.13. The van der Waals surface area contributed by atoms with Gasteiger partial charge in [0, 0.05) is 19.6 Å². The number of carbonyl (C=O) groups is 1. The van der Waals surface area contributed by atoms with Crippen LogP contribution in [0.4, 0.5) is 0 Å². The Morgan fingerprint density at radius 2 is 1.94 bits per heavy atom. The fourth-order valence-corrected chi connectivity index (χ4v) is 2.73. The van der Waals surface area contributed by atoms with E-state index in [1.54, 1.807) is 0 Å². The molecule has 1 fully saturated rings. The normalized spacial score (nSPS) is 20.1. The topological polar surface area (TPSA) is 38.3 Å². The lowest BCUT2D eigenvalue weighted by Gasteiger charge is -2.25.